The van der Waals surface area contributed by atoms with Crippen molar-refractivity contribution in [1.29, 1.82) is 0 Å². The Kier molecular flexibility index (Phi) is 6.97. The fourth-order valence-electron chi connectivity index (χ4n) is 1.67. The molecule has 1 unspecified atom stereocenters. The summed E-state index contributed by atoms with van der Waals surface area (Å²) >= 11 is 0. The maximum absolute atomic E-state index is 12.9. The fraction of sp³-hybridized carbons (Fsp3) is 0.500. The second-order valence-corrected chi connectivity index (χ2v) is 4.44. The molecule has 1 atom stereocenters. The zero-order chi connectivity index (χ0) is 15.0. The molecule has 112 valence electrons. The number of carbonyl (C=O) groups is 1. The Morgan fingerprint density at radius 1 is 1.50 bits per heavy atom. The number of hydrogen-bond donors (Lipinski definition) is 1. The Morgan fingerprint density at radius 2 is 2.25 bits per heavy atom. The Hall–Kier alpha value is -1.66. The summed E-state index contributed by atoms with van der Waals surface area (Å²) in [6, 6.07) is 5.75. The van der Waals surface area contributed by atoms with Crippen LogP contribution in [0.1, 0.15) is 6.42 Å². The minimum Gasteiger partial charge on any atom is -0.493 e. The third-order valence-electron chi connectivity index (χ3n) is 2.65. The summed E-state index contributed by atoms with van der Waals surface area (Å²) < 4.78 is 23.0. The van der Waals surface area contributed by atoms with Gasteiger partial charge in [0.2, 0.25) is 5.91 Å². The number of amides is 1. The molecule has 1 aromatic carbocycles. The number of aliphatic hydroxyl groups is 1. The Labute approximate surface area is 117 Å². The maximum atomic E-state index is 12.9. The van der Waals surface area contributed by atoms with Crippen molar-refractivity contribution >= 4 is 5.91 Å². The van der Waals surface area contributed by atoms with E-state index in [1.165, 1.54) is 24.1 Å². The molecule has 20 heavy (non-hydrogen) atoms. The first kappa shape index (κ1) is 16.4. The lowest BCUT2D eigenvalue weighted by atomic mass is 10.3. The van der Waals surface area contributed by atoms with Gasteiger partial charge in [0.1, 0.15) is 11.6 Å². The predicted octanol–water partition coefficient (Wildman–Crippen LogP) is 1.06. The molecule has 0 aromatic heterocycles. The van der Waals surface area contributed by atoms with E-state index in [4.69, 9.17) is 9.47 Å². The quantitative estimate of drug-likeness (QED) is 0.776. The Balaban J connectivity index is 2.28. The third-order valence-corrected chi connectivity index (χ3v) is 2.65. The summed E-state index contributed by atoms with van der Waals surface area (Å²) in [6.45, 7) is 0.539. The van der Waals surface area contributed by atoms with Crippen molar-refractivity contribution in [2.24, 2.45) is 0 Å². The van der Waals surface area contributed by atoms with Gasteiger partial charge >= 0.3 is 0 Å². The van der Waals surface area contributed by atoms with Gasteiger partial charge < -0.3 is 19.5 Å². The van der Waals surface area contributed by atoms with Gasteiger partial charge in [0.25, 0.3) is 0 Å². The van der Waals surface area contributed by atoms with Crippen LogP contribution in [-0.4, -0.2) is 55.9 Å². The molecule has 0 aliphatic heterocycles. The highest BCUT2D eigenvalue weighted by Gasteiger charge is 2.13. The number of aliphatic hydroxyl groups excluding tert-OH is 1. The zero-order valence-electron chi connectivity index (χ0n) is 11.7. The highest BCUT2D eigenvalue weighted by Crippen LogP contribution is 2.12. The van der Waals surface area contributed by atoms with Crippen LogP contribution in [0.4, 0.5) is 4.39 Å². The van der Waals surface area contributed by atoms with Crippen LogP contribution in [-0.2, 0) is 9.53 Å². The minimum absolute atomic E-state index is 0.156. The first-order valence-electron chi connectivity index (χ1n) is 6.32. The maximum Gasteiger partial charge on any atom is 0.225 e. The van der Waals surface area contributed by atoms with Crippen LogP contribution in [0, 0.1) is 5.82 Å². The molecule has 6 heteroatoms. The lowest BCUT2D eigenvalue weighted by Gasteiger charge is -2.20. The van der Waals surface area contributed by atoms with E-state index in [0.29, 0.717) is 5.75 Å². The predicted molar refractivity (Wildman–Crippen MR) is 72.0 cm³/mol. The van der Waals surface area contributed by atoms with Crippen molar-refractivity contribution < 1.29 is 23.8 Å². The van der Waals surface area contributed by atoms with E-state index in [1.54, 1.807) is 19.2 Å². The molecule has 1 rings (SSSR count). The smallest absolute Gasteiger partial charge is 0.225 e. The molecule has 5 nitrogen and oxygen atoms in total. The molecule has 0 saturated heterocycles. The van der Waals surface area contributed by atoms with Crippen LogP contribution in [0.2, 0.25) is 0 Å². The van der Waals surface area contributed by atoms with Crippen molar-refractivity contribution in [2.45, 2.75) is 12.5 Å². The number of methoxy groups -OCH3 is 1. The molecule has 0 saturated carbocycles. The lowest BCUT2D eigenvalue weighted by Crippen LogP contribution is -2.36. The van der Waals surface area contributed by atoms with Crippen molar-refractivity contribution in [3.05, 3.63) is 30.1 Å². The number of benzene rings is 1. The van der Waals surface area contributed by atoms with Crippen molar-refractivity contribution in [1.82, 2.24) is 4.90 Å². The second-order valence-electron chi connectivity index (χ2n) is 4.44. The van der Waals surface area contributed by atoms with Crippen molar-refractivity contribution in [2.75, 3.05) is 33.9 Å². The first-order chi connectivity index (χ1) is 9.52. The molecular formula is C14H20FNO4. The highest BCUT2D eigenvalue weighted by molar-refractivity contribution is 5.76. The molecule has 0 aliphatic carbocycles. The molecule has 1 amide bonds. The summed E-state index contributed by atoms with van der Waals surface area (Å²) in [5.74, 6) is -0.148. The fourth-order valence-corrected chi connectivity index (χ4v) is 1.67. The number of nitrogens with zero attached hydrogens (tertiary/aromatic N) is 1. The number of hydrogen-bond acceptors (Lipinski definition) is 4. The van der Waals surface area contributed by atoms with E-state index >= 15 is 0 Å². The summed E-state index contributed by atoms with van der Waals surface area (Å²) in [4.78, 5) is 13.2. The van der Waals surface area contributed by atoms with Crippen molar-refractivity contribution in [3.63, 3.8) is 0 Å². The molecule has 1 N–H and O–H groups in total. The van der Waals surface area contributed by atoms with E-state index < -0.39 is 6.10 Å². The SMILES string of the molecule is COCC(O)CN(C)C(=O)CCOc1cccc(F)c1. The standard InChI is InChI=1S/C14H20FNO4/c1-16(9-12(17)10-19-2)14(18)6-7-20-13-5-3-4-11(15)8-13/h3-5,8,12,17H,6-7,9-10H2,1-2H3. The van der Waals surface area contributed by atoms with Gasteiger partial charge in [0.05, 0.1) is 25.7 Å². The van der Waals surface area contributed by atoms with Crippen LogP contribution < -0.4 is 4.74 Å². The minimum atomic E-state index is -0.710. The molecule has 0 heterocycles. The molecule has 0 fully saturated rings. The van der Waals surface area contributed by atoms with E-state index in [0.717, 1.165) is 0 Å². The van der Waals surface area contributed by atoms with Gasteiger partial charge in [-0.15, -0.1) is 0 Å². The van der Waals surface area contributed by atoms with Gasteiger partial charge in [-0.1, -0.05) is 6.07 Å². The summed E-state index contributed by atoms with van der Waals surface area (Å²) in [6.07, 6.45) is -0.551. The summed E-state index contributed by atoms with van der Waals surface area (Å²) in [5.41, 5.74) is 0. The molecule has 0 radical (unpaired) electrons. The molecule has 0 bridgehead atoms. The van der Waals surface area contributed by atoms with E-state index in [1.807, 2.05) is 0 Å². The lowest BCUT2D eigenvalue weighted by molar-refractivity contribution is -0.132. The molecule has 0 aliphatic rings. The normalized spacial score (nSPS) is 12.0. The second kappa shape index (κ2) is 8.50. The average molecular weight is 285 g/mol. The first-order valence-corrected chi connectivity index (χ1v) is 6.32. The Morgan fingerprint density at radius 3 is 2.90 bits per heavy atom. The van der Waals surface area contributed by atoms with Crippen LogP contribution >= 0.6 is 0 Å². The van der Waals surface area contributed by atoms with Crippen molar-refractivity contribution in [3.8, 4) is 5.75 Å². The van der Waals surface area contributed by atoms with Crippen LogP contribution in [0.5, 0.6) is 5.75 Å². The van der Waals surface area contributed by atoms with Gasteiger partial charge in [-0.25, -0.2) is 4.39 Å². The number of carbonyl (C=O) groups excluding carboxylic acids is 1. The number of ether oxygens (including phenoxy) is 2. The zero-order valence-corrected chi connectivity index (χ0v) is 11.7. The van der Waals surface area contributed by atoms with E-state index in [-0.39, 0.29) is 37.9 Å². The van der Waals surface area contributed by atoms with Gasteiger partial charge in [-0.3, -0.25) is 4.79 Å². The average Bonchev–Trinajstić information content (AvgIpc) is 2.38. The van der Waals surface area contributed by atoms with E-state index in [2.05, 4.69) is 0 Å². The molecule has 0 spiro atoms. The topological polar surface area (TPSA) is 59.0 Å². The van der Waals surface area contributed by atoms with E-state index in [9.17, 15) is 14.3 Å². The summed E-state index contributed by atoms with van der Waals surface area (Å²) in [5, 5.41) is 9.51. The molecule has 1 aromatic rings. The number of likely N-dealkylation sites (N-methyl/N-ethyl adjacent to an activating group) is 1. The van der Waals surface area contributed by atoms with Gasteiger partial charge in [-0.2, -0.15) is 0 Å². The highest BCUT2D eigenvalue weighted by atomic mass is 19.1. The van der Waals surface area contributed by atoms with Gasteiger partial charge in [0.15, 0.2) is 0 Å². The molecular weight excluding hydrogens is 265 g/mol. The summed E-state index contributed by atoms with van der Waals surface area (Å²) in [7, 11) is 3.08. The van der Waals surface area contributed by atoms with Gasteiger partial charge in [0, 0.05) is 26.8 Å². The number of rotatable bonds is 8. The Bertz CT molecular complexity index is 427. The largest absolute Gasteiger partial charge is 0.493 e. The van der Waals surface area contributed by atoms with Crippen LogP contribution in [0.3, 0.4) is 0 Å². The van der Waals surface area contributed by atoms with Gasteiger partial charge in [-0.05, 0) is 12.1 Å². The monoisotopic (exact) mass is 285 g/mol. The third kappa shape index (κ3) is 5.99. The number of halogens is 1. The van der Waals surface area contributed by atoms with Crippen LogP contribution in [0.15, 0.2) is 24.3 Å². The van der Waals surface area contributed by atoms with Crippen LogP contribution in [0.25, 0.3) is 0 Å².